The van der Waals surface area contributed by atoms with Crippen molar-refractivity contribution in [1.82, 2.24) is 14.8 Å². The van der Waals surface area contributed by atoms with Crippen molar-refractivity contribution in [2.24, 2.45) is 11.7 Å². The van der Waals surface area contributed by atoms with Gasteiger partial charge in [-0.3, -0.25) is 0 Å². The first kappa shape index (κ1) is 12.6. The molecule has 96 valence electrons. The second-order valence-electron chi connectivity index (χ2n) is 5.49. The summed E-state index contributed by atoms with van der Waals surface area (Å²) in [5, 5.41) is 8.49. The molecule has 2 N–H and O–H groups in total. The normalized spacial score (nSPS) is 19.8. The summed E-state index contributed by atoms with van der Waals surface area (Å²) in [7, 11) is 0. The fourth-order valence-electron chi connectivity index (χ4n) is 2.96. The van der Waals surface area contributed by atoms with E-state index in [1.165, 1.54) is 32.1 Å². The molecule has 1 aromatic rings. The molecular weight excluding hydrogens is 212 g/mol. The maximum absolute atomic E-state index is 6.40. The Kier molecular flexibility index (Phi) is 3.82. The second-order valence-corrected chi connectivity index (χ2v) is 5.49. The van der Waals surface area contributed by atoms with E-state index in [1.807, 2.05) is 6.92 Å². The molecule has 1 heterocycles. The Labute approximate surface area is 104 Å². The van der Waals surface area contributed by atoms with Crippen LogP contribution in [0.25, 0.3) is 0 Å². The molecule has 0 aliphatic heterocycles. The first-order valence-corrected chi connectivity index (χ1v) is 6.78. The van der Waals surface area contributed by atoms with E-state index in [4.69, 9.17) is 5.73 Å². The van der Waals surface area contributed by atoms with Crippen LogP contribution in [0.3, 0.4) is 0 Å². The van der Waals surface area contributed by atoms with Gasteiger partial charge in [0.2, 0.25) is 0 Å². The maximum atomic E-state index is 6.40. The Morgan fingerprint density at radius 2 is 1.82 bits per heavy atom. The summed E-state index contributed by atoms with van der Waals surface area (Å²) in [5.74, 6) is 2.54. The zero-order chi connectivity index (χ0) is 12.4. The van der Waals surface area contributed by atoms with E-state index < -0.39 is 0 Å². The largest absolute Gasteiger partial charge is 0.321 e. The first-order chi connectivity index (χ1) is 8.11. The highest BCUT2D eigenvalue weighted by atomic mass is 15.3. The van der Waals surface area contributed by atoms with Gasteiger partial charge < -0.3 is 10.3 Å². The number of rotatable bonds is 3. The van der Waals surface area contributed by atoms with Crippen LogP contribution in [0.2, 0.25) is 0 Å². The Bertz CT molecular complexity index is 363. The molecule has 0 radical (unpaired) electrons. The number of nitrogens with zero attached hydrogens (tertiary/aromatic N) is 3. The van der Waals surface area contributed by atoms with E-state index in [2.05, 4.69) is 28.6 Å². The van der Waals surface area contributed by atoms with E-state index in [0.717, 1.165) is 11.6 Å². The Balaban J connectivity index is 2.20. The number of aryl methyl sites for hydroxylation is 1. The lowest BCUT2D eigenvalue weighted by atomic mass is 9.84. The third-order valence-corrected chi connectivity index (χ3v) is 3.86. The maximum Gasteiger partial charge on any atom is 0.150 e. The minimum atomic E-state index is 0.0545. The summed E-state index contributed by atoms with van der Waals surface area (Å²) >= 11 is 0. The van der Waals surface area contributed by atoms with Crippen LogP contribution in [0.15, 0.2) is 0 Å². The molecular formula is C13H24N4. The summed E-state index contributed by atoms with van der Waals surface area (Å²) in [4.78, 5) is 0. The van der Waals surface area contributed by atoms with Gasteiger partial charge in [-0.1, -0.05) is 19.3 Å². The smallest absolute Gasteiger partial charge is 0.150 e. The van der Waals surface area contributed by atoms with Crippen molar-refractivity contribution in [3.05, 3.63) is 11.6 Å². The molecule has 1 aliphatic rings. The quantitative estimate of drug-likeness (QED) is 0.878. The molecule has 0 bridgehead atoms. The molecule has 4 nitrogen and oxygen atoms in total. The molecule has 4 heteroatoms. The summed E-state index contributed by atoms with van der Waals surface area (Å²) in [5.41, 5.74) is 6.40. The van der Waals surface area contributed by atoms with Gasteiger partial charge in [0.25, 0.3) is 0 Å². The third kappa shape index (κ3) is 2.51. The van der Waals surface area contributed by atoms with E-state index in [9.17, 15) is 0 Å². The van der Waals surface area contributed by atoms with Crippen LogP contribution in [0.1, 0.15) is 69.7 Å². The fraction of sp³-hybridized carbons (Fsp3) is 0.846. The Hall–Kier alpha value is -0.900. The lowest BCUT2D eigenvalue weighted by Crippen LogP contribution is -2.27. The minimum Gasteiger partial charge on any atom is -0.321 e. The predicted molar refractivity (Wildman–Crippen MR) is 68.6 cm³/mol. The molecule has 0 saturated heterocycles. The first-order valence-electron chi connectivity index (χ1n) is 6.78. The molecule has 0 aromatic carbocycles. The van der Waals surface area contributed by atoms with E-state index in [1.54, 1.807) is 0 Å². The van der Waals surface area contributed by atoms with Crippen LogP contribution in [-0.4, -0.2) is 14.8 Å². The minimum absolute atomic E-state index is 0.0545. The van der Waals surface area contributed by atoms with E-state index >= 15 is 0 Å². The molecule has 1 fully saturated rings. The molecule has 0 amide bonds. The van der Waals surface area contributed by atoms with E-state index in [0.29, 0.717) is 12.0 Å². The van der Waals surface area contributed by atoms with Gasteiger partial charge in [0.1, 0.15) is 5.82 Å². The average molecular weight is 236 g/mol. The summed E-state index contributed by atoms with van der Waals surface area (Å²) in [6.45, 7) is 6.32. The molecule has 1 atom stereocenters. The van der Waals surface area contributed by atoms with Gasteiger partial charge in [-0.05, 0) is 39.5 Å². The number of hydrogen-bond donors (Lipinski definition) is 1. The highest BCUT2D eigenvalue weighted by Crippen LogP contribution is 2.33. The van der Waals surface area contributed by atoms with Crippen LogP contribution in [0, 0.1) is 12.8 Å². The lowest BCUT2D eigenvalue weighted by Gasteiger charge is -2.27. The third-order valence-electron chi connectivity index (χ3n) is 3.86. The van der Waals surface area contributed by atoms with Gasteiger partial charge >= 0.3 is 0 Å². The number of aromatic nitrogens is 3. The van der Waals surface area contributed by atoms with Gasteiger partial charge in [-0.15, -0.1) is 10.2 Å². The van der Waals surface area contributed by atoms with Crippen LogP contribution in [0.4, 0.5) is 0 Å². The number of hydrogen-bond acceptors (Lipinski definition) is 3. The van der Waals surface area contributed by atoms with Crippen molar-refractivity contribution in [2.45, 2.75) is 65.0 Å². The van der Waals surface area contributed by atoms with Crippen molar-refractivity contribution in [2.75, 3.05) is 0 Å². The summed E-state index contributed by atoms with van der Waals surface area (Å²) in [6, 6.07) is 0.438. The monoisotopic (exact) mass is 236 g/mol. The zero-order valence-electron chi connectivity index (χ0n) is 11.2. The highest BCUT2D eigenvalue weighted by molar-refractivity contribution is 5.03. The van der Waals surface area contributed by atoms with Gasteiger partial charge in [0.05, 0.1) is 6.04 Å². The van der Waals surface area contributed by atoms with Crippen molar-refractivity contribution < 1.29 is 0 Å². The van der Waals surface area contributed by atoms with Crippen molar-refractivity contribution in [1.29, 1.82) is 0 Å². The summed E-state index contributed by atoms with van der Waals surface area (Å²) < 4.78 is 2.18. The number of nitrogens with two attached hydrogens (primary N) is 1. The predicted octanol–water partition coefficient (Wildman–Crippen LogP) is 2.75. The molecule has 1 saturated carbocycles. The highest BCUT2D eigenvalue weighted by Gasteiger charge is 2.27. The van der Waals surface area contributed by atoms with Crippen molar-refractivity contribution in [3.63, 3.8) is 0 Å². The SMILES string of the molecule is Cc1nnc(C(N)C2CCCCC2)n1C(C)C. The molecule has 1 aromatic heterocycles. The zero-order valence-corrected chi connectivity index (χ0v) is 11.2. The Morgan fingerprint density at radius 1 is 1.18 bits per heavy atom. The van der Waals surface area contributed by atoms with Gasteiger partial charge in [0, 0.05) is 6.04 Å². The summed E-state index contributed by atoms with van der Waals surface area (Å²) in [6.07, 6.45) is 6.47. The fourth-order valence-corrected chi connectivity index (χ4v) is 2.96. The lowest BCUT2D eigenvalue weighted by molar-refractivity contribution is 0.293. The van der Waals surface area contributed by atoms with Gasteiger partial charge in [0.15, 0.2) is 5.82 Å². The van der Waals surface area contributed by atoms with Crippen LogP contribution >= 0.6 is 0 Å². The standard InChI is InChI=1S/C13H24N4/c1-9(2)17-10(3)15-16-13(17)12(14)11-7-5-4-6-8-11/h9,11-12H,4-8,14H2,1-3H3. The van der Waals surface area contributed by atoms with Crippen LogP contribution < -0.4 is 5.73 Å². The molecule has 17 heavy (non-hydrogen) atoms. The Morgan fingerprint density at radius 3 is 2.41 bits per heavy atom. The molecule has 1 unspecified atom stereocenters. The van der Waals surface area contributed by atoms with Crippen molar-refractivity contribution in [3.8, 4) is 0 Å². The average Bonchev–Trinajstić information content (AvgIpc) is 2.71. The van der Waals surface area contributed by atoms with E-state index in [-0.39, 0.29) is 6.04 Å². The van der Waals surface area contributed by atoms with Crippen LogP contribution in [0.5, 0.6) is 0 Å². The molecule has 2 rings (SSSR count). The van der Waals surface area contributed by atoms with Crippen molar-refractivity contribution >= 4 is 0 Å². The topological polar surface area (TPSA) is 56.7 Å². The molecule has 0 spiro atoms. The van der Waals surface area contributed by atoms with Crippen LogP contribution in [-0.2, 0) is 0 Å². The van der Waals surface area contributed by atoms with Gasteiger partial charge in [-0.2, -0.15) is 0 Å². The van der Waals surface area contributed by atoms with Gasteiger partial charge in [-0.25, -0.2) is 0 Å². The second kappa shape index (κ2) is 5.17. The molecule has 1 aliphatic carbocycles.